The summed E-state index contributed by atoms with van der Waals surface area (Å²) in [6.45, 7) is 6.96. The second-order valence-corrected chi connectivity index (χ2v) is 8.14. The van der Waals surface area contributed by atoms with Crippen molar-refractivity contribution in [3.05, 3.63) is 57.6 Å². The van der Waals surface area contributed by atoms with E-state index in [1.165, 1.54) is 6.07 Å². The van der Waals surface area contributed by atoms with Crippen LogP contribution in [-0.4, -0.2) is 29.3 Å². The largest absolute Gasteiger partial charge is 0.459 e. The minimum atomic E-state index is -0.560. The minimum absolute atomic E-state index is 0.196. The van der Waals surface area contributed by atoms with Crippen molar-refractivity contribution in [2.24, 2.45) is 0 Å². The van der Waals surface area contributed by atoms with Gasteiger partial charge in [0.15, 0.2) is 5.11 Å². The maximum absolute atomic E-state index is 12.4. The highest BCUT2D eigenvalue weighted by molar-refractivity contribution is 7.80. The molecule has 0 saturated carbocycles. The minimum Gasteiger partial charge on any atom is -0.459 e. The molecule has 0 radical (unpaired) electrons. The number of esters is 2. The monoisotopic (exact) mass is 468 g/mol. The molecule has 30 heavy (non-hydrogen) atoms. The Hall–Kier alpha value is -2.35. The molecule has 0 saturated heterocycles. The van der Waals surface area contributed by atoms with Gasteiger partial charge in [-0.25, -0.2) is 9.59 Å². The summed E-state index contributed by atoms with van der Waals surface area (Å²) in [7, 11) is 0. The van der Waals surface area contributed by atoms with Crippen molar-refractivity contribution in [3.8, 4) is 0 Å². The SMILES string of the molecule is CC(C)OC(=O)c1cc(NC(=S)Nc2ccc(Cl)c(Cl)c2)cc(C(=O)OC(C)C)c1. The van der Waals surface area contributed by atoms with Crippen molar-refractivity contribution < 1.29 is 19.1 Å². The van der Waals surface area contributed by atoms with E-state index in [9.17, 15) is 9.59 Å². The zero-order valence-corrected chi connectivity index (χ0v) is 19.2. The number of rotatable bonds is 6. The third-order valence-electron chi connectivity index (χ3n) is 3.53. The number of nitrogens with one attached hydrogen (secondary N) is 2. The molecule has 2 aromatic rings. The van der Waals surface area contributed by atoms with Gasteiger partial charge in [0.2, 0.25) is 0 Å². The van der Waals surface area contributed by atoms with Crippen LogP contribution in [-0.2, 0) is 9.47 Å². The van der Waals surface area contributed by atoms with Gasteiger partial charge in [-0.05, 0) is 76.3 Å². The summed E-state index contributed by atoms with van der Waals surface area (Å²) in [6.07, 6.45) is -0.616. The third kappa shape index (κ3) is 7.16. The summed E-state index contributed by atoms with van der Waals surface area (Å²) in [5, 5.41) is 6.94. The standard InChI is InChI=1S/C21H22Cl2N2O4S/c1-11(2)28-19(26)13-7-14(20(27)29-12(3)4)9-16(8-13)25-21(30)24-15-5-6-17(22)18(23)10-15/h5-12H,1-4H3,(H2,24,25,30). The first-order valence-corrected chi connectivity index (χ1v) is 10.3. The van der Waals surface area contributed by atoms with E-state index in [1.807, 2.05) is 0 Å². The maximum Gasteiger partial charge on any atom is 0.338 e. The van der Waals surface area contributed by atoms with E-state index >= 15 is 0 Å². The van der Waals surface area contributed by atoms with Crippen LogP contribution in [0.4, 0.5) is 11.4 Å². The van der Waals surface area contributed by atoms with E-state index in [1.54, 1.807) is 58.0 Å². The molecular weight excluding hydrogens is 447 g/mol. The number of carbonyl (C=O) groups is 2. The van der Waals surface area contributed by atoms with Crippen LogP contribution in [0.25, 0.3) is 0 Å². The Bertz CT molecular complexity index is 924. The van der Waals surface area contributed by atoms with Gasteiger partial charge < -0.3 is 20.1 Å². The maximum atomic E-state index is 12.4. The number of thiocarbonyl (C=S) groups is 1. The average Bonchev–Trinajstić information content (AvgIpc) is 2.63. The van der Waals surface area contributed by atoms with Crippen LogP contribution >= 0.6 is 35.4 Å². The van der Waals surface area contributed by atoms with Crippen LogP contribution in [0.1, 0.15) is 48.4 Å². The van der Waals surface area contributed by atoms with Crippen LogP contribution in [0.2, 0.25) is 10.0 Å². The number of anilines is 2. The average molecular weight is 469 g/mol. The summed E-state index contributed by atoms with van der Waals surface area (Å²) < 4.78 is 10.5. The summed E-state index contributed by atoms with van der Waals surface area (Å²) in [5.74, 6) is -1.12. The van der Waals surface area contributed by atoms with Crippen molar-refractivity contribution in [2.75, 3.05) is 10.6 Å². The van der Waals surface area contributed by atoms with Crippen LogP contribution in [0, 0.1) is 0 Å². The smallest absolute Gasteiger partial charge is 0.338 e. The first-order valence-electron chi connectivity index (χ1n) is 9.15. The molecule has 0 bridgehead atoms. The zero-order chi connectivity index (χ0) is 22.4. The summed E-state index contributed by atoms with van der Waals surface area (Å²) in [6, 6.07) is 9.48. The third-order valence-corrected chi connectivity index (χ3v) is 4.47. The second kappa shape index (κ2) is 10.6. The van der Waals surface area contributed by atoms with E-state index in [0.29, 0.717) is 21.4 Å². The van der Waals surface area contributed by atoms with Crippen molar-refractivity contribution in [3.63, 3.8) is 0 Å². The molecule has 0 aliphatic heterocycles. The molecule has 0 spiro atoms. The summed E-state index contributed by atoms with van der Waals surface area (Å²) >= 11 is 17.3. The Labute approximate surface area is 190 Å². The Morgan fingerprint density at radius 1 is 0.800 bits per heavy atom. The first kappa shape index (κ1) is 23.9. The fourth-order valence-electron chi connectivity index (χ4n) is 2.37. The number of hydrogen-bond acceptors (Lipinski definition) is 5. The molecule has 0 fully saturated rings. The van der Waals surface area contributed by atoms with Crippen molar-refractivity contribution >= 4 is 63.8 Å². The fraction of sp³-hybridized carbons (Fsp3) is 0.286. The van der Waals surface area contributed by atoms with Gasteiger partial charge in [0.1, 0.15) is 0 Å². The highest BCUT2D eigenvalue weighted by atomic mass is 35.5. The van der Waals surface area contributed by atoms with Crippen molar-refractivity contribution in [2.45, 2.75) is 39.9 Å². The Morgan fingerprint density at radius 3 is 1.77 bits per heavy atom. The van der Waals surface area contributed by atoms with Gasteiger partial charge in [-0.2, -0.15) is 0 Å². The molecule has 160 valence electrons. The van der Waals surface area contributed by atoms with Gasteiger partial charge >= 0.3 is 11.9 Å². The molecule has 0 aromatic heterocycles. The lowest BCUT2D eigenvalue weighted by molar-refractivity contribution is 0.0377. The molecule has 9 heteroatoms. The fourth-order valence-corrected chi connectivity index (χ4v) is 2.90. The lowest BCUT2D eigenvalue weighted by Crippen LogP contribution is -2.20. The highest BCUT2D eigenvalue weighted by Gasteiger charge is 2.17. The Kier molecular flexibility index (Phi) is 8.46. The van der Waals surface area contributed by atoms with E-state index in [4.69, 9.17) is 44.9 Å². The second-order valence-electron chi connectivity index (χ2n) is 6.92. The quantitative estimate of drug-likeness (QED) is 0.401. The number of halogens is 2. The normalized spacial score (nSPS) is 10.7. The van der Waals surface area contributed by atoms with Crippen LogP contribution in [0.3, 0.4) is 0 Å². The summed E-state index contributed by atoms with van der Waals surface area (Å²) in [4.78, 5) is 24.7. The number of hydrogen-bond donors (Lipinski definition) is 2. The van der Waals surface area contributed by atoms with Gasteiger partial charge in [0.25, 0.3) is 0 Å². The lowest BCUT2D eigenvalue weighted by Gasteiger charge is -2.15. The number of benzene rings is 2. The molecule has 0 aliphatic carbocycles. The molecule has 0 amide bonds. The van der Waals surface area contributed by atoms with Gasteiger partial charge in [-0.15, -0.1) is 0 Å². The van der Waals surface area contributed by atoms with Crippen LogP contribution < -0.4 is 10.6 Å². The molecule has 0 aliphatic rings. The molecule has 6 nitrogen and oxygen atoms in total. The Morgan fingerprint density at radius 2 is 1.30 bits per heavy atom. The first-order chi connectivity index (χ1) is 14.0. The Balaban J connectivity index is 2.27. The molecule has 2 N–H and O–H groups in total. The van der Waals surface area contributed by atoms with Gasteiger partial charge in [0.05, 0.1) is 33.4 Å². The van der Waals surface area contributed by atoms with Crippen LogP contribution in [0.15, 0.2) is 36.4 Å². The molecule has 2 rings (SSSR count). The van der Waals surface area contributed by atoms with Crippen molar-refractivity contribution in [1.82, 2.24) is 0 Å². The molecular formula is C21H22Cl2N2O4S. The number of carbonyl (C=O) groups excluding carboxylic acids is 2. The predicted octanol–water partition coefficient (Wildman–Crippen LogP) is 5.93. The van der Waals surface area contributed by atoms with E-state index in [2.05, 4.69) is 10.6 Å². The molecule has 2 aromatic carbocycles. The topological polar surface area (TPSA) is 76.7 Å². The molecule has 0 heterocycles. The molecule has 0 unspecified atom stereocenters. The predicted molar refractivity (Wildman–Crippen MR) is 124 cm³/mol. The lowest BCUT2D eigenvalue weighted by atomic mass is 10.1. The van der Waals surface area contributed by atoms with Crippen LogP contribution in [0.5, 0.6) is 0 Å². The van der Waals surface area contributed by atoms with Gasteiger partial charge in [-0.1, -0.05) is 23.2 Å². The van der Waals surface area contributed by atoms with E-state index < -0.39 is 11.9 Å². The molecule has 0 atom stereocenters. The van der Waals surface area contributed by atoms with Crippen molar-refractivity contribution in [1.29, 1.82) is 0 Å². The highest BCUT2D eigenvalue weighted by Crippen LogP contribution is 2.25. The summed E-state index contributed by atoms with van der Waals surface area (Å²) in [5.41, 5.74) is 1.43. The van der Waals surface area contributed by atoms with E-state index in [-0.39, 0.29) is 28.4 Å². The van der Waals surface area contributed by atoms with Gasteiger partial charge in [-0.3, -0.25) is 0 Å². The number of ether oxygens (including phenoxy) is 2. The van der Waals surface area contributed by atoms with Gasteiger partial charge in [0, 0.05) is 11.4 Å². The zero-order valence-electron chi connectivity index (χ0n) is 16.9. The van der Waals surface area contributed by atoms with E-state index in [0.717, 1.165) is 0 Å².